The van der Waals surface area contributed by atoms with Crippen LogP contribution in [0.1, 0.15) is 27.2 Å². The molecular weight excluding hydrogens is 280 g/mol. The summed E-state index contributed by atoms with van der Waals surface area (Å²) in [6.45, 7) is 4.37. The van der Waals surface area contributed by atoms with E-state index in [0.717, 1.165) is 22.6 Å². The molecule has 0 saturated carbocycles. The molecule has 0 bridgehead atoms. The second-order valence-electron chi connectivity index (χ2n) is 5.33. The fourth-order valence-corrected chi connectivity index (χ4v) is 2.51. The van der Waals surface area contributed by atoms with E-state index in [-0.39, 0.29) is 5.56 Å². The Labute approximate surface area is 127 Å². The summed E-state index contributed by atoms with van der Waals surface area (Å²) >= 11 is 0. The van der Waals surface area contributed by atoms with Gasteiger partial charge in [-0.2, -0.15) is 0 Å². The summed E-state index contributed by atoms with van der Waals surface area (Å²) < 4.78 is 5.78. The lowest BCUT2D eigenvalue weighted by atomic mass is 10.1. The zero-order valence-corrected chi connectivity index (χ0v) is 12.4. The quantitative estimate of drug-likeness (QED) is 0.773. The van der Waals surface area contributed by atoms with Crippen LogP contribution in [0.15, 0.2) is 36.5 Å². The van der Waals surface area contributed by atoms with Gasteiger partial charge in [0.25, 0.3) is 0 Å². The first-order valence-electron chi connectivity index (χ1n) is 6.94. The lowest BCUT2D eigenvalue weighted by Crippen LogP contribution is -1.99. The van der Waals surface area contributed by atoms with Gasteiger partial charge in [-0.05, 0) is 49.2 Å². The van der Waals surface area contributed by atoms with E-state index in [0.29, 0.717) is 17.6 Å². The van der Waals surface area contributed by atoms with Gasteiger partial charge in [-0.3, -0.25) is 4.98 Å². The van der Waals surface area contributed by atoms with E-state index in [2.05, 4.69) is 16.0 Å². The minimum absolute atomic E-state index is 0.211. The molecule has 0 amide bonds. The van der Waals surface area contributed by atoms with E-state index in [1.165, 1.54) is 12.3 Å². The molecule has 2 aromatic heterocycles. The number of carboxylic acids is 1. The molecule has 0 saturated heterocycles. The fourth-order valence-electron chi connectivity index (χ4n) is 2.51. The Balaban J connectivity index is 1.85. The van der Waals surface area contributed by atoms with Crippen LogP contribution in [0.2, 0.25) is 0 Å². The molecule has 2 N–H and O–H groups in total. The van der Waals surface area contributed by atoms with Gasteiger partial charge in [0, 0.05) is 6.20 Å². The second-order valence-corrected chi connectivity index (χ2v) is 5.33. The Kier molecular flexibility index (Phi) is 3.55. The third-order valence-corrected chi connectivity index (χ3v) is 3.40. The minimum Gasteiger partial charge on any atom is -0.487 e. The molecule has 5 nitrogen and oxygen atoms in total. The average Bonchev–Trinajstić information content (AvgIpc) is 2.86. The summed E-state index contributed by atoms with van der Waals surface area (Å²) in [5.74, 6) is -0.182. The Hall–Kier alpha value is -2.82. The molecular formula is C17H16N2O3. The first-order valence-corrected chi connectivity index (χ1v) is 6.94. The summed E-state index contributed by atoms with van der Waals surface area (Å²) in [6, 6.07) is 9.31. The number of aromatic amines is 1. The van der Waals surface area contributed by atoms with Crippen molar-refractivity contribution in [2.24, 2.45) is 0 Å². The summed E-state index contributed by atoms with van der Waals surface area (Å²) in [7, 11) is 0. The molecule has 0 aliphatic heterocycles. The molecule has 1 aromatic carbocycles. The van der Waals surface area contributed by atoms with Crippen molar-refractivity contribution >= 4 is 17.0 Å². The van der Waals surface area contributed by atoms with E-state index >= 15 is 0 Å². The number of nitrogens with zero attached hydrogens (tertiary/aromatic N) is 1. The number of carboxylic acid groups (broad SMARTS) is 1. The lowest BCUT2D eigenvalue weighted by Gasteiger charge is -2.07. The highest BCUT2D eigenvalue weighted by atomic mass is 16.5. The zero-order chi connectivity index (χ0) is 15.7. The number of aromatic nitrogens is 2. The summed E-state index contributed by atoms with van der Waals surface area (Å²) in [4.78, 5) is 18.5. The van der Waals surface area contributed by atoms with E-state index in [1.807, 2.05) is 32.0 Å². The Morgan fingerprint density at radius 2 is 1.95 bits per heavy atom. The van der Waals surface area contributed by atoms with Crippen LogP contribution in [-0.2, 0) is 6.61 Å². The Morgan fingerprint density at radius 3 is 2.64 bits per heavy atom. The highest BCUT2D eigenvalue weighted by Crippen LogP contribution is 2.20. The number of fused-ring (bicyclic) bond motifs is 1. The van der Waals surface area contributed by atoms with E-state index in [1.54, 1.807) is 0 Å². The molecule has 0 aliphatic carbocycles. The first kappa shape index (κ1) is 14.1. The average molecular weight is 296 g/mol. The molecule has 0 spiro atoms. The van der Waals surface area contributed by atoms with Crippen LogP contribution >= 0.6 is 0 Å². The number of aryl methyl sites for hydroxylation is 2. The number of benzene rings is 1. The van der Waals surface area contributed by atoms with Crippen LogP contribution < -0.4 is 4.74 Å². The molecule has 5 heteroatoms. The zero-order valence-electron chi connectivity index (χ0n) is 12.4. The van der Waals surface area contributed by atoms with Crippen molar-refractivity contribution in [3.05, 3.63) is 58.9 Å². The van der Waals surface area contributed by atoms with Crippen LogP contribution in [0.3, 0.4) is 0 Å². The second kappa shape index (κ2) is 5.52. The first-order chi connectivity index (χ1) is 10.5. The predicted molar refractivity (Wildman–Crippen MR) is 83.3 cm³/mol. The normalized spacial score (nSPS) is 10.8. The van der Waals surface area contributed by atoms with Gasteiger partial charge in [0.1, 0.15) is 12.4 Å². The van der Waals surface area contributed by atoms with Crippen LogP contribution in [0, 0.1) is 13.8 Å². The van der Waals surface area contributed by atoms with E-state index in [9.17, 15) is 9.90 Å². The Bertz CT molecular complexity index is 832. The third kappa shape index (κ3) is 2.79. The van der Waals surface area contributed by atoms with Gasteiger partial charge in [-0.25, -0.2) is 4.79 Å². The van der Waals surface area contributed by atoms with Crippen molar-refractivity contribution in [3.63, 3.8) is 0 Å². The number of nitrogens with one attached hydrogen (secondary N) is 1. The molecule has 0 atom stereocenters. The number of hydrogen-bond acceptors (Lipinski definition) is 3. The van der Waals surface area contributed by atoms with Crippen LogP contribution in [-0.4, -0.2) is 21.0 Å². The SMILES string of the molecule is Cc1cc(C)cc(OCc2cc3nccc(C(=O)O)c3[nH]2)c1. The van der Waals surface area contributed by atoms with Gasteiger partial charge in [0.2, 0.25) is 0 Å². The standard InChI is InChI=1S/C17H16N2O3/c1-10-5-11(2)7-13(6-10)22-9-12-8-15-16(19-12)14(17(20)21)3-4-18-15/h3-8,19H,9H2,1-2H3,(H,20,21). The monoisotopic (exact) mass is 296 g/mol. The maximum Gasteiger partial charge on any atom is 0.337 e. The van der Waals surface area contributed by atoms with Crippen molar-refractivity contribution in [1.82, 2.24) is 9.97 Å². The molecule has 0 aliphatic rings. The van der Waals surface area contributed by atoms with Crippen molar-refractivity contribution in [2.45, 2.75) is 20.5 Å². The highest BCUT2D eigenvalue weighted by molar-refractivity contribution is 6.00. The highest BCUT2D eigenvalue weighted by Gasteiger charge is 2.12. The summed E-state index contributed by atoms with van der Waals surface area (Å²) in [5.41, 5.74) is 4.42. The number of H-pyrrole nitrogens is 1. The van der Waals surface area contributed by atoms with Gasteiger partial charge in [-0.15, -0.1) is 0 Å². The maximum absolute atomic E-state index is 11.2. The van der Waals surface area contributed by atoms with Crippen molar-refractivity contribution in [3.8, 4) is 5.75 Å². The molecule has 3 rings (SSSR count). The number of ether oxygens (including phenoxy) is 1. The fraction of sp³-hybridized carbons (Fsp3) is 0.176. The van der Waals surface area contributed by atoms with Gasteiger partial charge in [0.05, 0.1) is 22.3 Å². The molecule has 112 valence electrons. The third-order valence-electron chi connectivity index (χ3n) is 3.40. The number of aromatic carboxylic acids is 1. The van der Waals surface area contributed by atoms with Gasteiger partial charge in [0.15, 0.2) is 0 Å². The summed E-state index contributed by atoms with van der Waals surface area (Å²) in [5, 5.41) is 9.18. The predicted octanol–water partition coefficient (Wildman–Crippen LogP) is 3.46. The lowest BCUT2D eigenvalue weighted by molar-refractivity contribution is 0.0698. The Morgan fingerprint density at radius 1 is 1.23 bits per heavy atom. The molecule has 22 heavy (non-hydrogen) atoms. The topological polar surface area (TPSA) is 75.2 Å². The van der Waals surface area contributed by atoms with Crippen molar-refractivity contribution in [2.75, 3.05) is 0 Å². The largest absolute Gasteiger partial charge is 0.487 e. The number of rotatable bonds is 4. The molecule has 0 fully saturated rings. The number of pyridine rings is 1. The van der Waals surface area contributed by atoms with Gasteiger partial charge >= 0.3 is 5.97 Å². The van der Waals surface area contributed by atoms with Crippen LogP contribution in [0.25, 0.3) is 11.0 Å². The van der Waals surface area contributed by atoms with Gasteiger partial charge in [-0.1, -0.05) is 6.07 Å². The van der Waals surface area contributed by atoms with Crippen molar-refractivity contribution < 1.29 is 14.6 Å². The maximum atomic E-state index is 11.2. The smallest absolute Gasteiger partial charge is 0.337 e. The molecule has 3 aromatic rings. The number of hydrogen-bond donors (Lipinski definition) is 2. The minimum atomic E-state index is -0.976. The van der Waals surface area contributed by atoms with Crippen molar-refractivity contribution in [1.29, 1.82) is 0 Å². The van der Waals surface area contributed by atoms with E-state index in [4.69, 9.17) is 4.74 Å². The number of carbonyl (C=O) groups is 1. The molecule has 0 unspecified atom stereocenters. The van der Waals surface area contributed by atoms with Crippen LogP contribution in [0.5, 0.6) is 5.75 Å². The molecule has 2 heterocycles. The van der Waals surface area contributed by atoms with E-state index < -0.39 is 5.97 Å². The summed E-state index contributed by atoms with van der Waals surface area (Å²) in [6.07, 6.45) is 1.49. The van der Waals surface area contributed by atoms with Crippen LogP contribution in [0.4, 0.5) is 0 Å². The molecule has 0 radical (unpaired) electrons. The van der Waals surface area contributed by atoms with Gasteiger partial charge < -0.3 is 14.8 Å².